The van der Waals surface area contributed by atoms with Crippen LogP contribution in [0.15, 0.2) is 30.3 Å². The zero-order valence-electron chi connectivity index (χ0n) is 16.9. The molecule has 0 aliphatic carbocycles. The third-order valence-corrected chi connectivity index (χ3v) is 6.58. The number of pyridine rings is 1. The topological polar surface area (TPSA) is 96.6 Å². The second kappa shape index (κ2) is 7.62. The number of hydrogen-bond acceptors (Lipinski definition) is 5. The fraction of sp³-hybridized carbons (Fsp3) is 0.435. The Morgan fingerprint density at radius 2 is 1.90 bits per heavy atom. The predicted molar refractivity (Wildman–Crippen MR) is 114 cm³/mol. The normalized spacial score (nSPS) is 18.7. The van der Waals surface area contributed by atoms with Crippen LogP contribution in [0.5, 0.6) is 0 Å². The molecule has 2 saturated heterocycles. The van der Waals surface area contributed by atoms with E-state index in [1.807, 2.05) is 24.3 Å². The van der Waals surface area contributed by atoms with E-state index in [1.165, 1.54) is 0 Å². The summed E-state index contributed by atoms with van der Waals surface area (Å²) in [7, 11) is 0. The Kier molecular flexibility index (Phi) is 4.80. The van der Waals surface area contributed by atoms with Gasteiger partial charge in [-0.25, -0.2) is 4.98 Å². The average Bonchev–Trinajstić information content (AvgIpc) is 3.18. The lowest BCUT2D eigenvalue weighted by molar-refractivity contribution is -0.122. The maximum atomic E-state index is 11.6. The van der Waals surface area contributed by atoms with Crippen LogP contribution in [0.4, 0.5) is 5.82 Å². The zero-order chi connectivity index (χ0) is 20.7. The number of fused-ring (bicyclic) bond motifs is 3. The number of benzene rings is 1. The number of hydrogen-bond donors (Lipinski definition) is 1. The quantitative estimate of drug-likeness (QED) is 0.725. The number of para-hydroxylation sites is 2. The van der Waals surface area contributed by atoms with Gasteiger partial charge in [-0.3, -0.25) is 9.20 Å². The van der Waals surface area contributed by atoms with Gasteiger partial charge in [-0.05, 0) is 55.4 Å². The number of carbonyl (C=O) groups is 1. The van der Waals surface area contributed by atoms with E-state index in [4.69, 9.17) is 15.5 Å². The summed E-state index contributed by atoms with van der Waals surface area (Å²) >= 11 is 0. The highest BCUT2D eigenvalue weighted by molar-refractivity contribution is 5.85. The molecule has 2 aliphatic heterocycles. The SMILES string of the molecule is N#Cc1c(C2CCOCC2)cc(N2CCC(C(N)=O)CC2)n2c1nc1ccccc12. The molecule has 0 bridgehead atoms. The van der Waals surface area contributed by atoms with Crippen molar-refractivity contribution in [2.24, 2.45) is 11.7 Å². The van der Waals surface area contributed by atoms with Gasteiger partial charge in [0.1, 0.15) is 11.9 Å². The Hall–Kier alpha value is -3.11. The number of nitrogens with zero attached hydrogens (tertiary/aromatic N) is 4. The molecule has 30 heavy (non-hydrogen) atoms. The molecule has 0 atom stereocenters. The average molecular weight is 403 g/mol. The van der Waals surface area contributed by atoms with Gasteiger partial charge in [0.2, 0.25) is 5.91 Å². The van der Waals surface area contributed by atoms with Crippen LogP contribution in [0, 0.1) is 17.2 Å². The first-order valence-corrected chi connectivity index (χ1v) is 10.6. The van der Waals surface area contributed by atoms with E-state index >= 15 is 0 Å². The number of carbonyl (C=O) groups excluding carboxylic acids is 1. The zero-order valence-corrected chi connectivity index (χ0v) is 16.9. The lowest BCUT2D eigenvalue weighted by Crippen LogP contribution is -2.39. The summed E-state index contributed by atoms with van der Waals surface area (Å²) < 4.78 is 7.67. The number of aromatic nitrogens is 2. The summed E-state index contributed by atoms with van der Waals surface area (Å²) in [6.45, 7) is 2.95. The minimum absolute atomic E-state index is 0.0652. The van der Waals surface area contributed by atoms with Crippen LogP contribution in [-0.2, 0) is 9.53 Å². The molecule has 2 N–H and O–H groups in total. The van der Waals surface area contributed by atoms with Gasteiger partial charge in [-0.2, -0.15) is 5.26 Å². The number of piperidine rings is 1. The van der Waals surface area contributed by atoms with Crippen molar-refractivity contribution in [3.05, 3.63) is 41.5 Å². The number of amides is 1. The third kappa shape index (κ3) is 3.08. The fourth-order valence-electron chi connectivity index (χ4n) is 4.90. The molecule has 4 heterocycles. The van der Waals surface area contributed by atoms with Crippen molar-refractivity contribution in [1.82, 2.24) is 9.38 Å². The van der Waals surface area contributed by atoms with Crippen molar-refractivity contribution in [1.29, 1.82) is 5.26 Å². The monoisotopic (exact) mass is 403 g/mol. The number of primary amides is 1. The van der Waals surface area contributed by atoms with Gasteiger partial charge in [-0.1, -0.05) is 12.1 Å². The van der Waals surface area contributed by atoms with Crippen molar-refractivity contribution in [2.45, 2.75) is 31.6 Å². The molecule has 2 aliphatic rings. The van der Waals surface area contributed by atoms with Gasteiger partial charge in [0.05, 0.1) is 16.6 Å². The molecule has 3 aromatic rings. The largest absolute Gasteiger partial charge is 0.381 e. The maximum Gasteiger partial charge on any atom is 0.220 e. The van der Waals surface area contributed by atoms with E-state index in [1.54, 1.807) is 0 Å². The predicted octanol–water partition coefficient (Wildman–Crippen LogP) is 2.95. The molecule has 0 saturated carbocycles. The second-order valence-corrected chi connectivity index (χ2v) is 8.25. The second-order valence-electron chi connectivity index (χ2n) is 8.25. The smallest absolute Gasteiger partial charge is 0.220 e. The molecule has 1 amide bonds. The van der Waals surface area contributed by atoms with Crippen LogP contribution in [0.3, 0.4) is 0 Å². The van der Waals surface area contributed by atoms with Gasteiger partial charge in [0.15, 0.2) is 5.65 Å². The number of nitrogens with two attached hydrogens (primary N) is 1. The van der Waals surface area contributed by atoms with Crippen molar-refractivity contribution < 1.29 is 9.53 Å². The van der Waals surface area contributed by atoms with Gasteiger partial charge < -0.3 is 15.4 Å². The van der Waals surface area contributed by atoms with E-state index < -0.39 is 0 Å². The third-order valence-electron chi connectivity index (χ3n) is 6.58. The molecule has 0 spiro atoms. The van der Waals surface area contributed by atoms with Gasteiger partial charge >= 0.3 is 0 Å². The number of nitriles is 1. The highest BCUT2D eigenvalue weighted by Gasteiger charge is 2.28. The standard InChI is InChI=1S/C23H25N5O2/c24-14-18-17(15-7-11-30-12-8-15)13-21(27-9-5-16(6-10-27)22(25)29)28-20-4-2-1-3-19(20)26-23(18)28/h1-4,13,15-16H,5-12H2,(H2,25,29). The van der Waals surface area contributed by atoms with E-state index in [0.717, 1.165) is 80.0 Å². The van der Waals surface area contributed by atoms with E-state index in [9.17, 15) is 10.1 Å². The Balaban J connectivity index is 1.70. The minimum atomic E-state index is -0.212. The minimum Gasteiger partial charge on any atom is -0.381 e. The van der Waals surface area contributed by atoms with Gasteiger partial charge in [0, 0.05) is 32.2 Å². The highest BCUT2D eigenvalue weighted by Crippen LogP contribution is 2.37. The Bertz CT molecular complexity index is 1150. The van der Waals surface area contributed by atoms with Crippen LogP contribution >= 0.6 is 0 Å². The first-order chi connectivity index (χ1) is 14.7. The van der Waals surface area contributed by atoms with Crippen molar-refractivity contribution >= 4 is 28.4 Å². The highest BCUT2D eigenvalue weighted by atomic mass is 16.5. The molecule has 7 heteroatoms. The lowest BCUT2D eigenvalue weighted by Gasteiger charge is -2.34. The van der Waals surface area contributed by atoms with Crippen LogP contribution in [0.25, 0.3) is 16.7 Å². The molecule has 2 fully saturated rings. The molecule has 0 unspecified atom stereocenters. The molecule has 0 radical (unpaired) electrons. The van der Waals surface area contributed by atoms with E-state index in [2.05, 4.69) is 21.4 Å². The molecular formula is C23H25N5O2. The number of imidazole rings is 1. The summed E-state index contributed by atoms with van der Waals surface area (Å²) in [6.07, 6.45) is 3.31. The molecule has 2 aromatic heterocycles. The summed E-state index contributed by atoms with van der Waals surface area (Å²) in [5.41, 5.74) is 9.86. The Labute approximate surface area is 175 Å². The molecule has 7 nitrogen and oxygen atoms in total. The Morgan fingerprint density at radius 1 is 1.17 bits per heavy atom. The van der Waals surface area contributed by atoms with Crippen LogP contribution in [0.1, 0.15) is 42.7 Å². The maximum absolute atomic E-state index is 11.6. The van der Waals surface area contributed by atoms with Crippen molar-refractivity contribution in [3.63, 3.8) is 0 Å². The molecule has 1 aromatic carbocycles. The van der Waals surface area contributed by atoms with E-state index in [0.29, 0.717) is 11.5 Å². The Morgan fingerprint density at radius 3 is 2.60 bits per heavy atom. The fourth-order valence-corrected chi connectivity index (χ4v) is 4.90. The molecule has 154 valence electrons. The molecule has 5 rings (SSSR count). The van der Waals surface area contributed by atoms with Crippen LogP contribution < -0.4 is 10.6 Å². The number of rotatable bonds is 3. The van der Waals surface area contributed by atoms with Crippen molar-refractivity contribution in [3.8, 4) is 6.07 Å². The summed E-state index contributed by atoms with van der Waals surface area (Å²) in [5.74, 6) is 1.06. The summed E-state index contributed by atoms with van der Waals surface area (Å²) in [4.78, 5) is 18.8. The van der Waals surface area contributed by atoms with Gasteiger partial charge in [0.25, 0.3) is 0 Å². The number of anilines is 1. The first kappa shape index (κ1) is 18.9. The van der Waals surface area contributed by atoms with Crippen LogP contribution in [0.2, 0.25) is 0 Å². The van der Waals surface area contributed by atoms with Crippen LogP contribution in [-0.4, -0.2) is 41.6 Å². The summed E-state index contributed by atoms with van der Waals surface area (Å²) in [6, 6.07) is 12.6. The lowest BCUT2D eigenvalue weighted by atomic mass is 9.88. The first-order valence-electron chi connectivity index (χ1n) is 10.6. The number of ether oxygens (including phenoxy) is 1. The molecular weight excluding hydrogens is 378 g/mol. The summed E-state index contributed by atoms with van der Waals surface area (Å²) in [5, 5.41) is 10.1. The van der Waals surface area contributed by atoms with Crippen molar-refractivity contribution in [2.75, 3.05) is 31.2 Å². The van der Waals surface area contributed by atoms with E-state index in [-0.39, 0.29) is 11.8 Å². The van der Waals surface area contributed by atoms with Gasteiger partial charge in [-0.15, -0.1) is 0 Å².